The van der Waals surface area contributed by atoms with Crippen LogP contribution in [0.4, 0.5) is 9.59 Å². The first-order chi connectivity index (χ1) is 15.1. The van der Waals surface area contributed by atoms with Gasteiger partial charge in [-0.15, -0.1) is 11.3 Å². The van der Waals surface area contributed by atoms with Crippen LogP contribution in [-0.2, 0) is 17.7 Å². The second kappa shape index (κ2) is 11.7. The molecule has 0 saturated carbocycles. The Kier molecular flexibility index (Phi) is 8.42. The third-order valence-electron chi connectivity index (χ3n) is 4.64. The van der Waals surface area contributed by atoms with Crippen molar-refractivity contribution in [3.8, 4) is 0 Å². The average Bonchev–Trinajstić information content (AvgIpc) is 3.32. The fourth-order valence-electron chi connectivity index (χ4n) is 3.09. The summed E-state index contributed by atoms with van der Waals surface area (Å²) in [7, 11) is 0. The number of carboxylic acid groups (broad SMARTS) is 1. The van der Waals surface area contributed by atoms with Crippen molar-refractivity contribution in [1.29, 1.82) is 0 Å². The van der Waals surface area contributed by atoms with Gasteiger partial charge in [-0.1, -0.05) is 60.7 Å². The molecule has 8 heteroatoms. The zero-order valence-electron chi connectivity index (χ0n) is 17.0. The number of amides is 2. The molecular formula is C23H25N3O4S. The normalized spacial score (nSPS) is 11.5. The predicted molar refractivity (Wildman–Crippen MR) is 119 cm³/mol. The van der Waals surface area contributed by atoms with Gasteiger partial charge in [-0.3, -0.25) is 4.98 Å². The highest BCUT2D eigenvalue weighted by atomic mass is 32.1. The molecule has 3 rings (SSSR count). The summed E-state index contributed by atoms with van der Waals surface area (Å²) in [5, 5.41) is 12.1. The van der Waals surface area contributed by atoms with Crippen LogP contribution in [0, 0.1) is 0 Å². The number of aromatic nitrogens is 1. The van der Waals surface area contributed by atoms with Gasteiger partial charge in [0.2, 0.25) is 0 Å². The number of hydrogen-bond acceptors (Lipinski definition) is 5. The van der Waals surface area contributed by atoms with E-state index in [0.717, 1.165) is 16.0 Å². The maximum absolute atomic E-state index is 12.3. The largest absolute Gasteiger partial charge is 0.465 e. The Morgan fingerprint density at radius 2 is 1.74 bits per heavy atom. The lowest BCUT2D eigenvalue weighted by Crippen LogP contribution is -2.33. The minimum atomic E-state index is -0.987. The lowest BCUT2D eigenvalue weighted by atomic mass is 10.1. The molecule has 0 radical (unpaired) electrons. The maximum atomic E-state index is 12.3. The Morgan fingerprint density at radius 1 is 1.06 bits per heavy atom. The number of nitrogens with zero attached hydrogens (tertiary/aromatic N) is 2. The first-order valence-corrected chi connectivity index (χ1v) is 10.9. The smallest absolute Gasteiger partial charge is 0.407 e. The summed E-state index contributed by atoms with van der Waals surface area (Å²) in [5.74, 6) is 0. The number of hydrogen-bond donors (Lipinski definition) is 2. The van der Waals surface area contributed by atoms with E-state index < -0.39 is 18.3 Å². The molecule has 1 atom stereocenters. The molecule has 1 heterocycles. The Bertz CT molecular complexity index is 936. The monoisotopic (exact) mass is 439 g/mol. The van der Waals surface area contributed by atoms with Gasteiger partial charge in [-0.05, 0) is 17.5 Å². The minimum absolute atomic E-state index is 0.311. The van der Waals surface area contributed by atoms with E-state index in [4.69, 9.17) is 4.74 Å². The molecule has 1 aromatic heterocycles. The Balaban J connectivity index is 1.46. The topological polar surface area (TPSA) is 91.8 Å². The number of carbonyl (C=O) groups excluding carboxylic acids is 1. The quantitative estimate of drug-likeness (QED) is 0.446. The van der Waals surface area contributed by atoms with Gasteiger partial charge in [-0.25, -0.2) is 9.59 Å². The van der Waals surface area contributed by atoms with Gasteiger partial charge in [0.25, 0.3) is 0 Å². The molecule has 2 amide bonds. The molecule has 0 bridgehead atoms. The molecule has 2 N–H and O–H groups in total. The highest BCUT2D eigenvalue weighted by Gasteiger charge is 2.19. The number of ether oxygens (including phenoxy) is 1. The van der Waals surface area contributed by atoms with Crippen molar-refractivity contribution in [2.45, 2.75) is 25.5 Å². The number of nitrogens with one attached hydrogen (secondary N) is 1. The predicted octanol–water partition coefficient (Wildman–Crippen LogP) is 4.72. The van der Waals surface area contributed by atoms with Crippen LogP contribution < -0.4 is 5.32 Å². The SMILES string of the molecule is O=C(NCCCN(Cc1ccccc1)C(=O)O)OC(Cc1ccccc1)c1cncs1. The van der Waals surface area contributed by atoms with Crippen LogP contribution in [0.1, 0.15) is 28.5 Å². The molecular weight excluding hydrogens is 414 g/mol. The van der Waals surface area contributed by atoms with Crippen molar-refractivity contribution < 1.29 is 19.4 Å². The number of thiazole rings is 1. The van der Waals surface area contributed by atoms with Crippen molar-refractivity contribution in [1.82, 2.24) is 15.2 Å². The summed E-state index contributed by atoms with van der Waals surface area (Å²) in [5.41, 5.74) is 3.69. The molecule has 162 valence electrons. The van der Waals surface area contributed by atoms with E-state index in [-0.39, 0.29) is 0 Å². The molecule has 31 heavy (non-hydrogen) atoms. The number of rotatable bonds is 10. The highest BCUT2D eigenvalue weighted by molar-refractivity contribution is 7.09. The third kappa shape index (κ3) is 7.42. The van der Waals surface area contributed by atoms with Gasteiger partial charge in [0.1, 0.15) is 6.10 Å². The first kappa shape index (κ1) is 22.3. The summed E-state index contributed by atoms with van der Waals surface area (Å²) >= 11 is 1.44. The highest BCUT2D eigenvalue weighted by Crippen LogP contribution is 2.25. The Labute approximate surface area is 185 Å². The fourth-order valence-corrected chi connectivity index (χ4v) is 3.74. The fraction of sp³-hybridized carbons (Fsp3) is 0.261. The van der Waals surface area contributed by atoms with Crippen molar-refractivity contribution in [3.05, 3.63) is 88.4 Å². The summed E-state index contributed by atoms with van der Waals surface area (Å²) < 4.78 is 5.64. The van der Waals surface area contributed by atoms with E-state index in [0.29, 0.717) is 32.5 Å². The van der Waals surface area contributed by atoms with Gasteiger partial charge >= 0.3 is 12.2 Å². The van der Waals surface area contributed by atoms with Crippen LogP contribution in [0.5, 0.6) is 0 Å². The number of benzene rings is 2. The van der Waals surface area contributed by atoms with Gasteiger partial charge in [-0.2, -0.15) is 0 Å². The molecule has 0 spiro atoms. The van der Waals surface area contributed by atoms with E-state index in [1.165, 1.54) is 16.2 Å². The lowest BCUT2D eigenvalue weighted by molar-refractivity contribution is 0.0988. The first-order valence-electron chi connectivity index (χ1n) is 10.0. The molecule has 0 aliphatic heterocycles. The molecule has 7 nitrogen and oxygen atoms in total. The second-order valence-electron chi connectivity index (χ2n) is 6.96. The molecule has 2 aromatic carbocycles. The summed E-state index contributed by atoms with van der Waals surface area (Å²) in [6.07, 6.45) is 0.806. The van der Waals surface area contributed by atoms with Crippen molar-refractivity contribution in [2.75, 3.05) is 13.1 Å². The second-order valence-corrected chi connectivity index (χ2v) is 7.88. The molecule has 0 saturated heterocycles. The lowest BCUT2D eigenvalue weighted by Gasteiger charge is -2.20. The summed E-state index contributed by atoms with van der Waals surface area (Å²) in [4.78, 5) is 30.1. The van der Waals surface area contributed by atoms with Crippen LogP contribution in [0.15, 0.2) is 72.4 Å². The maximum Gasteiger partial charge on any atom is 0.407 e. The molecule has 3 aromatic rings. The standard InChI is InChI=1S/C23H25N3O4S/c27-22(25-12-7-13-26(23(28)29)16-19-10-5-2-6-11-19)30-20(21-15-24-17-31-21)14-18-8-3-1-4-9-18/h1-6,8-11,15,17,20H,7,12-14,16H2,(H,25,27)(H,28,29). The molecule has 1 unspecified atom stereocenters. The Morgan fingerprint density at radius 3 is 2.35 bits per heavy atom. The summed E-state index contributed by atoms with van der Waals surface area (Å²) in [6.45, 7) is 0.941. The van der Waals surface area contributed by atoms with Crippen LogP contribution in [0.3, 0.4) is 0 Å². The van der Waals surface area contributed by atoms with Gasteiger partial charge in [0, 0.05) is 32.3 Å². The molecule has 0 aliphatic carbocycles. The van der Waals surface area contributed by atoms with E-state index in [9.17, 15) is 14.7 Å². The Hall–Kier alpha value is -3.39. The zero-order chi connectivity index (χ0) is 21.9. The number of alkyl carbamates (subject to hydrolysis) is 1. The summed E-state index contributed by atoms with van der Waals surface area (Å²) in [6, 6.07) is 19.2. The van der Waals surface area contributed by atoms with Gasteiger partial charge in [0.15, 0.2) is 0 Å². The average molecular weight is 440 g/mol. The van der Waals surface area contributed by atoms with E-state index >= 15 is 0 Å². The van der Waals surface area contributed by atoms with Crippen LogP contribution in [0.2, 0.25) is 0 Å². The van der Waals surface area contributed by atoms with Crippen LogP contribution >= 0.6 is 11.3 Å². The molecule has 0 aliphatic rings. The third-order valence-corrected chi connectivity index (χ3v) is 5.51. The van der Waals surface area contributed by atoms with Crippen molar-refractivity contribution in [2.24, 2.45) is 0 Å². The zero-order valence-corrected chi connectivity index (χ0v) is 17.8. The van der Waals surface area contributed by atoms with Crippen molar-refractivity contribution >= 4 is 23.5 Å². The van der Waals surface area contributed by atoms with Crippen molar-refractivity contribution in [3.63, 3.8) is 0 Å². The minimum Gasteiger partial charge on any atom is -0.465 e. The van der Waals surface area contributed by atoms with E-state index in [2.05, 4.69) is 10.3 Å². The van der Waals surface area contributed by atoms with E-state index in [1.807, 2.05) is 60.7 Å². The van der Waals surface area contributed by atoms with Crippen LogP contribution in [-0.4, -0.2) is 40.3 Å². The van der Waals surface area contributed by atoms with Gasteiger partial charge < -0.3 is 20.1 Å². The van der Waals surface area contributed by atoms with E-state index in [1.54, 1.807) is 11.7 Å². The van der Waals surface area contributed by atoms with Gasteiger partial charge in [0.05, 0.1) is 10.4 Å². The number of carbonyl (C=O) groups is 2. The van der Waals surface area contributed by atoms with Crippen LogP contribution in [0.25, 0.3) is 0 Å². The molecule has 0 fully saturated rings.